The maximum absolute atomic E-state index is 8.17. The Morgan fingerprint density at radius 3 is 2.91 bits per heavy atom. The van der Waals surface area contributed by atoms with Crippen LogP contribution < -0.4 is 0 Å². The van der Waals surface area contributed by atoms with Gasteiger partial charge in [0.2, 0.25) is 0 Å². The first-order chi connectivity index (χ1) is 5.36. The highest BCUT2D eigenvalue weighted by Gasteiger charge is 1.92. The van der Waals surface area contributed by atoms with Crippen LogP contribution in [0.3, 0.4) is 0 Å². The van der Waals surface area contributed by atoms with Gasteiger partial charge < -0.3 is 0 Å². The van der Waals surface area contributed by atoms with Crippen molar-refractivity contribution >= 4 is 11.3 Å². The maximum atomic E-state index is 8.17. The lowest BCUT2D eigenvalue weighted by Gasteiger charge is -1.80. The van der Waals surface area contributed by atoms with E-state index in [9.17, 15) is 0 Å². The molecule has 0 atom stereocenters. The van der Waals surface area contributed by atoms with Crippen LogP contribution >= 0.6 is 11.3 Å². The molecule has 0 aliphatic rings. The highest BCUT2D eigenvalue weighted by molar-refractivity contribution is 7.12. The topological polar surface area (TPSA) is 23.8 Å². The minimum Gasteiger partial charge on any atom is -0.183 e. The molecule has 0 aliphatic heterocycles. The molecule has 11 heavy (non-hydrogen) atoms. The van der Waals surface area contributed by atoms with Crippen LogP contribution in [-0.4, -0.2) is 0 Å². The van der Waals surface area contributed by atoms with Crippen LogP contribution in [0.1, 0.15) is 16.7 Å². The van der Waals surface area contributed by atoms with Gasteiger partial charge in [-0.05, 0) is 24.5 Å². The van der Waals surface area contributed by atoms with E-state index in [1.807, 2.05) is 12.1 Å². The minimum absolute atomic E-state index is 0.975. The summed E-state index contributed by atoms with van der Waals surface area (Å²) in [6, 6.07) is 5.79. The minimum atomic E-state index is 0.975. The summed E-state index contributed by atoms with van der Waals surface area (Å²) in [7, 11) is 0. The highest BCUT2D eigenvalue weighted by atomic mass is 32.1. The molecular weight excluding hydrogens is 154 g/mol. The molecule has 1 aromatic rings. The van der Waals surface area contributed by atoms with Gasteiger partial charge in [0.25, 0.3) is 0 Å². The van der Waals surface area contributed by atoms with E-state index in [1.54, 1.807) is 17.4 Å². The molecule has 0 aromatic carbocycles. The Morgan fingerprint density at radius 1 is 1.55 bits per heavy atom. The lowest BCUT2D eigenvalue weighted by atomic mass is 10.4. The number of hydrogen-bond donors (Lipinski definition) is 0. The van der Waals surface area contributed by atoms with Gasteiger partial charge in [-0.25, -0.2) is 0 Å². The normalized spacial score (nSPS) is 8.00. The van der Waals surface area contributed by atoms with Crippen molar-refractivity contribution in [2.24, 2.45) is 0 Å². The van der Waals surface area contributed by atoms with Crippen LogP contribution in [0.15, 0.2) is 12.1 Å². The molecule has 0 saturated carbocycles. The van der Waals surface area contributed by atoms with Gasteiger partial charge in [0, 0.05) is 10.8 Å². The molecule has 0 unspecified atom stereocenters. The van der Waals surface area contributed by atoms with E-state index in [0.29, 0.717) is 0 Å². The van der Waals surface area contributed by atoms with Crippen molar-refractivity contribution in [2.75, 3.05) is 0 Å². The van der Waals surface area contributed by atoms with Gasteiger partial charge in [0.1, 0.15) is 0 Å². The highest BCUT2D eigenvalue weighted by Crippen LogP contribution is 2.15. The van der Waals surface area contributed by atoms with Crippen LogP contribution in [-0.2, 0) is 6.42 Å². The molecule has 0 spiro atoms. The number of nitriles is 1. The summed E-state index contributed by atoms with van der Waals surface area (Å²) in [5.41, 5.74) is 0. The summed E-state index contributed by atoms with van der Waals surface area (Å²) in [4.78, 5) is 2.29. The first-order valence-electron chi connectivity index (χ1n) is 3.35. The summed E-state index contributed by atoms with van der Waals surface area (Å²) in [6.45, 7) is 2.10. The van der Waals surface area contributed by atoms with Crippen molar-refractivity contribution in [3.8, 4) is 17.9 Å². The summed E-state index contributed by atoms with van der Waals surface area (Å²) in [5.74, 6) is 5.12. The van der Waals surface area contributed by atoms with Crippen LogP contribution in [0.4, 0.5) is 0 Å². The molecule has 54 valence electrons. The molecule has 0 saturated heterocycles. The molecule has 0 N–H and O–H groups in total. The van der Waals surface area contributed by atoms with Crippen molar-refractivity contribution < 1.29 is 0 Å². The Labute approximate surface area is 70.3 Å². The third kappa shape index (κ3) is 2.11. The molecule has 2 heteroatoms. The second-order valence-corrected chi connectivity index (χ2v) is 3.15. The van der Waals surface area contributed by atoms with Crippen LogP contribution in [0.2, 0.25) is 0 Å². The molecule has 1 aromatic heterocycles. The molecule has 0 amide bonds. The SMILES string of the molecule is CCc1ccc(C#CC#N)s1. The second-order valence-electron chi connectivity index (χ2n) is 1.98. The van der Waals surface area contributed by atoms with E-state index in [4.69, 9.17) is 5.26 Å². The van der Waals surface area contributed by atoms with E-state index in [1.165, 1.54) is 4.88 Å². The van der Waals surface area contributed by atoms with Gasteiger partial charge in [-0.3, -0.25) is 0 Å². The number of thiophene rings is 1. The third-order valence-electron chi connectivity index (χ3n) is 1.25. The van der Waals surface area contributed by atoms with Crippen LogP contribution in [0.25, 0.3) is 0 Å². The van der Waals surface area contributed by atoms with Crippen molar-refractivity contribution in [1.29, 1.82) is 5.26 Å². The van der Waals surface area contributed by atoms with Gasteiger partial charge in [-0.1, -0.05) is 6.92 Å². The Morgan fingerprint density at radius 2 is 2.36 bits per heavy atom. The number of hydrogen-bond acceptors (Lipinski definition) is 2. The molecule has 1 nitrogen and oxygen atoms in total. The molecule has 1 heterocycles. The smallest absolute Gasteiger partial charge is 0.152 e. The van der Waals surface area contributed by atoms with Crippen molar-refractivity contribution in [2.45, 2.75) is 13.3 Å². The van der Waals surface area contributed by atoms with E-state index in [-0.39, 0.29) is 0 Å². The second kappa shape index (κ2) is 3.81. The molecular formula is C9H7NS. The van der Waals surface area contributed by atoms with E-state index < -0.39 is 0 Å². The zero-order valence-electron chi connectivity index (χ0n) is 6.22. The Kier molecular flexibility index (Phi) is 2.72. The quantitative estimate of drug-likeness (QED) is 0.579. The average Bonchev–Trinajstić information content (AvgIpc) is 2.48. The molecule has 0 bridgehead atoms. The molecule has 0 aliphatic carbocycles. The standard InChI is InChI=1S/C9H7NS/c1-2-8-5-6-9(11-8)4-3-7-10/h5-6H,2H2,1H3. The van der Waals surface area contributed by atoms with Crippen LogP contribution in [0.5, 0.6) is 0 Å². The third-order valence-corrected chi connectivity index (χ3v) is 2.40. The fourth-order valence-electron chi connectivity index (χ4n) is 0.725. The number of aryl methyl sites for hydroxylation is 1. The van der Waals surface area contributed by atoms with Gasteiger partial charge in [-0.2, -0.15) is 5.26 Å². The lowest BCUT2D eigenvalue weighted by molar-refractivity contribution is 1.19. The van der Waals surface area contributed by atoms with Crippen LogP contribution in [0, 0.1) is 23.2 Å². The summed E-state index contributed by atoms with van der Waals surface area (Å²) < 4.78 is 0. The fourth-order valence-corrected chi connectivity index (χ4v) is 1.53. The number of rotatable bonds is 1. The Hall–Kier alpha value is -1.25. The predicted molar refractivity (Wildman–Crippen MR) is 46.2 cm³/mol. The summed E-state index contributed by atoms with van der Waals surface area (Å²) in [6.07, 6.45) is 1.04. The zero-order valence-corrected chi connectivity index (χ0v) is 7.03. The largest absolute Gasteiger partial charge is 0.183 e. The average molecular weight is 161 g/mol. The monoisotopic (exact) mass is 161 g/mol. The molecule has 0 radical (unpaired) electrons. The summed E-state index contributed by atoms with van der Waals surface area (Å²) in [5, 5.41) is 8.17. The first kappa shape index (κ1) is 7.85. The van der Waals surface area contributed by atoms with E-state index in [0.717, 1.165) is 11.3 Å². The molecule has 0 fully saturated rings. The number of nitrogens with zero attached hydrogens (tertiary/aromatic N) is 1. The first-order valence-corrected chi connectivity index (χ1v) is 4.17. The van der Waals surface area contributed by atoms with Gasteiger partial charge in [0.15, 0.2) is 6.07 Å². The molecule has 1 rings (SSSR count). The van der Waals surface area contributed by atoms with Gasteiger partial charge >= 0.3 is 0 Å². The predicted octanol–water partition coefficient (Wildman–Crippen LogP) is 2.19. The lowest BCUT2D eigenvalue weighted by Crippen LogP contribution is -1.63. The summed E-state index contributed by atoms with van der Waals surface area (Å²) >= 11 is 1.65. The zero-order chi connectivity index (χ0) is 8.10. The van der Waals surface area contributed by atoms with Crippen molar-refractivity contribution in [3.63, 3.8) is 0 Å². The Bertz CT molecular complexity index is 332. The van der Waals surface area contributed by atoms with E-state index >= 15 is 0 Å². The van der Waals surface area contributed by atoms with Crippen molar-refractivity contribution in [3.05, 3.63) is 21.9 Å². The fraction of sp³-hybridized carbons (Fsp3) is 0.222. The van der Waals surface area contributed by atoms with Gasteiger partial charge in [0.05, 0.1) is 4.88 Å². The Balaban J connectivity index is 2.83. The van der Waals surface area contributed by atoms with E-state index in [2.05, 4.69) is 18.8 Å². The van der Waals surface area contributed by atoms with Gasteiger partial charge in [-0.15, -0.1) is 11.3 Å². The maximum Gasteiger partial charge on any atom is 0.152 e. The van der Waals surface area contributed by atoms with Crippen molar-refractivity contribution in [1.82, 2.24) is 0 Å².